The highest BCUT2D eigenvalue weighted by molar-refractivity contribution is 7.18. The Balaban J connectivity index is 1.43. The topological polar surface area (TPSA) is 45.7 Å². The Hall–Kier alpha value is -2.22. The predicted octanol–water partition coefficient (Wildman–Crippen LogP) is 4.73. The molecule has 2 aliphatic heterocycles. The molecule has 156 valence electrons. The van der Waals surface area contributed by atoms with E-state index in [1.165, 1.54) is 5.00 Å². The average molecular weight is 440 g/mol. The first-order chi connectivity index (χ1) is 14.8. The Morgan fingerprint density at radius 2 is 1.97 bits per heavy atom. The van der Waals surface area contributed by atoms with E-state index in [1.807, 2.05) is 22.5 Å². The molecule has 1 atom stereocenters. The molecule has 0 N–H and O–H groups in total. The number of nitrogens with zero attached hydrogens (tertiary/aromatic N) is 3. The molecule has 0 saturated carbocycles. The Kier molecular flexibility index (Phi) is 5.84. The average Bonchev–Trinajstić information content (AvgIpc) is 3.51. The fourth-order valence-electron chi connectivity index (χ4n) is 4.27. The van der Waals surface area contributed by atoms with Crippen LogP contribution in [0.25, 0.3) is 11.1 Å². The summed E-state index contributed by atoms with van der Waals surface area (Å²) in [5, 5.41) is 4.36. The number of hydrogen-bond donors (Lipinski definition) is 0. The van der Waals surface area contributed by atoms with Gasteiger partial charge >= 0.3 is 0 Å². The van der Waals surface area contributed by atoms with Gasteiger partial charge in [0, 0.05) is 49.2 Å². The van der Waals surface area contributed by atoms with Gasteiger partial charge in [-0.3, -0.25) is 4.79 Å². The van der Waals surface area contributed by atoms with E-state index >= 15 is 0 Å². The van der Waals surface area contributed by atoms with Crippen molar-refractivity contribution < 1.29 is 9.53 Å². The van der Waals surface area contributed by atoms with Crippen LogP contribution in [0.3, 0.4) is 0 Å². The van der Waals surface area contributed by atoms with E-state index in [1.54, 1.807) is 22.7 Å². The van der Waals surface area contributed by atoms with Crippen molar-refractivity contribution in [2.75, 3.05) is 44.3 Å². The second kappa shape index (κ2) is 8.88. The molecular formula is C23H25N3O2S2. The van der Waals surface area contributed by atoms with Crippen molar-refractivity contribution in [1.82, 2.24) is 9.88 Å². The third kappa shape index (κ3) is 4.02. The number of anilines is 1. The molecule has 2 fully saturated rings. The molecule has 2 aromatic heterocycles. The highest BCUT2D eigenvalue weighted by Gasteiger charge is 2.29. The maximum Gasteiger partial charge on any atom is 0.264 e. The van der Waals surface area contributed by atoms with E-state index in [0.717, 1.165) is 73.2 Å². The van der Waals surface area contributed by atoms with Crippen molar-refractivity contribution in [1.29, 1.82) is 0 Å². The molecule has 5 nitrogen and oxygen atoms in total. The fraction of sp³-hybridized carbons (Fsp3) is 0.391. The number of aromatic nitrogens is 1. The summed E-state index contributed by atoms with van der Waals surface area (Å²) in [7, 11) is 0. The van der Waals surface area contributed by atoms with E-state index in [2.05, 4.69) is 40.2 Å². The van der Waals surface area contributed by atoms with Crippen LogP contribution in [0.2, 0.25) is 0 Å². The first kappa shape index (κ1) is 19.7. The van der Waals surface area contributed by atoms with Crippen molar-refractivity contribution in [2.45, 2.75) is 18.8 Å². The summed E-state index contributed by atoms with van der Waals surface area (Å²) in [5.74, 6) is 0.507. The van der Waals surface area contributed by atoms with Gasteiger partial charge in [0.1, 0.15) is 0 Å². The number of morpholine rings is 1. The number of carbonyl (C=O) groups excluding carboxylic acids is 1. The molecule has 7 heteroatoms. The monoisotopic (exact) mass is 439 g/mol. The Labute approximate surface area is 184 Å². The van der Waals surface area contributed by atoms with Gasteiger partial charge in [-0.15, -0.1) is 22.7 Å². The van der Waals surface area contributed by atoms with Gasteiger partial charge in [0.05, 0.1) is 28.1 Å². The Bertz CT molecular complexity index is 981. The van der Waals surface area contributed by atoms with Crippen LogP contribution in [0.4, 0.5) is 5.00 Å². The van der Waals surface area contributed by atoms with Crippen molar-refractivity contribution in [2.24, 2.45) is 0 Å². The molecule has 5 rings (SSSR count). The third-order valence-electron chi connectivity index (χ3n) is 5.82. The van der Waals surface area contributed by atoms with Crippen LogP contribution >= 0.6 is 22.7 Å². The summed E-state index contributed by atoms with van der Waals surface area (Å²) >= 11 is 3.32. The molecule has 3 aromatic rings. The summed E-state index contributed by atoms with van der Waals surface area (Å²) in [4.78, 5) is 23.2. The lowest BCUT2D eigenvalue weighted by Crippen LogP contribution is -2.38. The SMILES string of the molecule is O=C(c1cc(-c2ccccc2)c(N2CCOCC2)s1)N1CCCC(c2nccs2)C1. The van der Waals surface area contributed by atoms with Crippen LogP contribution < -0.4 is 4.90 Å². The number of amides is 1. The van der Waals surface area contributed by atoms with Crippen LogP contribution in [-0.4, -0.2) is 55.2 Å². The lowest BCUT2D eigenvalue weighted by molar-refractivity contribution is 0.0712. The van der Waals surface area contributed by atoms with Crippen LogP contribution in [0.5, 0.6) is 0 Å². The van der Waals surface area contributed by atoms with Gasteiger partial charge in [-0.25, -0.2) is 4.98 Å². The number of likely N-dealkylation sites (tertiary alicyclic amines) is 1. The molecule has 30 heavy (non-hydrogen) atoms. The molecule has 1 aromatic carbocycles. The zero-order valence-corrected chi connectivity index (χ0v) is 18.5. The highest BCUT2D eigenvalue weighted by Crippen LogP contribution is 2.40. The second-order valence-electron chi connectivity index (χ2n) is 7.76. The highest BCUT2D eigenvalue weighted by atomic mass is 32.1. The number of benzene rings is 1. The summed E-state index contributed by atoms with van der Waals surface area (Å²) in [5.41, 5.74) is 2.31. The standard InChI is InChI=1S/C23H25N3O2S2/c27-22(26-9-4-7-18(16-26)21-24-8-14-29-21)20-15-19(17-5-2-1-3-6-17)23(30-20)25-10-12-28-13-11-25/h1-3,5-6,8,14-15,18H,4,7,9-13,16H2. The van der Waals surface area contributed by atoms with E-state index < -0.39 is 0 Å². The first-order valence-electron chi connectivity index (χ1n) is 10.5. The summed E-state index contributed by atoms with van der Waals surface area (Å²) in [6.07, 6.45) is 4.00. The zero-order valence-electron chi connectivity index (χ0n) is 16.8. The fourth-order valence-corrected chi connectivity index (χ4v) is 6.24. The Morgan fingerprint density at radius 1 is 1.13 bits per heavy atom. The first-order valence-corrected chi connectivity index (χ1v) is 12.2. The van der Waals surface area contributed by atoms with Crippen LogP contribution in [-0.2, 0) is 4.74 Å². The molecule has 0 bridgehead atoms. The van der Waals surface area contributed by atoms with Gasteiger partial charge in [-0.1, -0.05) is 30.3 Å². The van der Waals surface area contributed by atoms with Gasteiger partial charge in [-0.2, -0.15) is 0 Å². The third-order valence-corrected chi connectivity index (χ3v) is 7.94. The molecule has 0 spiro atoms. The number of carbonyl (C=O) groups is 1. The van der Waals surface area contributed by atoms with Crippen molar-refractivity contribution in [3.05, 3.63) is 57.9 Å². The number of thiazole rings is 1. The van der Waals surface area contributed by atoms with Gasteiger partial charge in [0.2, 0.25) is 0 Å². The van der Waals surface area contributed by atoms with Crippen molar-refractivity contribution >= 4 is 33.6 Å². The van der Waals surface area contributed by atoms with E-state index in [0.29, 0.717) is 5.92 Å². The minimum absolute atomic E-state index is 0.151. The van der Waals surface area contributed by atoms with Gasteiger partial charge in [0.15, 0.2) is 0 Å². The molecule has 0 aliphatic carbocycles. The van der Waals surface area contributed by atoms with E-state index in [-0.39, 0.29) is 5.91 Å². The molecule has 1 unspecified atom stereocenters. The lowest BCUT2D eigenvalue weighted by atomic mass is 9.98. The summed E-state index contributed by atoms with van der Waals surface area (Å²) < 4.78 is 5.55. The smallest absolute Gasteiger partial charge is 0.264 e. The maximum atomic E-state index is 13.5. The number of piperidine rings is 1. The summed E-state index contributed by atoms with van der Waals surface area (Å²) in [6.45, 7) is 4.78. The molecule has 0 radical (unpaired) electrons. The van der Waals surface area contributed by atoms with E-state index in [9.17, 15) is 4.79 Å². The Morgan fingerprint density at radius 3 is 2.73 bits per heavy atom. The number of rotatable bonds is 4. The molecule has 2 aliphatic rings. The second-order valence-corrected chi connectivity index (χ2v) is 9.71. The van der Waals surface area contributed by atoms with Gasteiger partial charge in [0.25, 0.3) is 5.91 Å². The van der Waals surface area contributed by atoms with Gasteiger partial charge in [-0.05, 0) is 24.5 Å². The lowest BCUT2D eigenvalue weighted by Gasteiger charge is -2.31. The van der Waals surface area contributed by atoms with Crippen LogP contribution in [0.15, 0.2) is 48.0 Å². The minimum atomic E-state index is 0.151. The zero-order chi connectivity index (χ0) is 20.3. The van der Waals surface area contributed by atoms with Gasteiger partial charge < -0.3 is 14.5 Å². The molecule has 1 amide bonds. The van der Waals surface area contributed by atoms with E-state index in [4.69, 9.17) is 4.74 Å². The normalized spacial score (nSPS) is 19.8. The predicted molar refractivity (Wildman–Crippen MR) is 123 cm³/mol. The molecule has 2 saturated heterocycles. The number of thiophene rings is 1. The minimum Gasteiger partial charge on any atom is -0.378 e. The maximum absolute atomic E-state index is 13.5. The quantitative estimate of drug-likeness (QED) is 0.590. The molecule has 4 heterocycles. The van der Waals surface area contributed by atoms with Crippen LogP contribution in [0, 0.1) is 0 Å². The summed E-state index contributed by atoms with van der Waals surface area (Å²) in [6, 6.07) is 12.5. The van der Waals surface area contributed by atoms with Crippen LogP contribution in [0.1, 0.15) is 33.4 Å². The number of hydrogen-bond acceptors (Lipinski definition) is 6. The van der Waals surface area contributed by atoms with Crippen molar-refractivity contribution in [3.63, 3.8) is 0 Å². The number of ether oxygens (including phenoxy) is 1. The molecular weight excluding hydrogens is 414 g/mol. The van der Waals surface area contributed by atoms with Crippen molar-refractivity contribution in [3.8, 4) is 11.1 Å². The largest absolute Gasteiger partial charge is 0.378 e.